The van der Waals surface area contributed by atoms with Crippen molar-refractivity contribution in [1.29, 1.82) is 0 Å². The Morgan fingerprint density at radius 1 is 1.19 bits per heavy atom. The minimum atomic E-state index is -0.138. The molecule has 0 radical (unpaired) electrons. The number of hydrogen-bond donors (Lipinski definition) is 1. The third kappa shape index (κ3) is 3.62. The molecule has 2 aromatic rings. The molecule has 0 saturated heterocycles. The summed E-state index contributed by atoms with van der Waals surface area (Å²) in [5.74, 6) is 2.59. The Morgan fingerprint density at radius 2 is 1.90 bits per heavy atom. The topological polar surface area (TPSA) is 95.7 Å². The molecule has 8 heteroatoms. The molecule has 2 N–H and O–H groups in total. The molecule has 0 bridgehead atoms. The predicted molar refractivity (Wildman–Crippen MR) is 80.9 cm³/mol. The lowest BCUT2D eigenvalue weighted by atomic mass is 9.97. The Hall–Kier alpha value is -1.41. The van der Waals surface area contributed by atoms with E-state index in [0.717, 1.165) is 11.0 Å². The molecular formula is C13H22N6OS. The first-order chi connectivity index (χ1) is 9.82. The van der Waals surface area contributed by atoms with Crippen LogP contribution in [0.2, 0.25) is 0 Å². The lowest BCUT2D eigenvalue weighted by molar-refractivity contribution is 0.378. The number of rotatable bonds is 5. The van der Waals surface area contributed by atoms with Crippen LogP contribution in [0.1, 0.15) is 58.3 Å². The van der Waals surface area contributed by atoms with Gasteiger partial charge in [0.2, 0.25) is 11.8 Å². The van der Waals surface area contributed by atoms with Gasteiger partial charge in [0.25, 0.3) is 0 Å². The van der Waals surface area contributed by atoms with E-state index in [4.69, 9.17) is 10.2 Å². The Bertz CT molecular complexity index is 598. The summed E-state index contributed by atoms with van der Waals surface area (Å²) in [7, 11) is 0. The highest BCUT2D eigenvalue weighted by Gasteiger charge is 2.22. The van der Waals surface area contributed by atoms with Crippen LogP contribution in [0.5, 0.6) is 0 Å². The van der Waals surface area contributed by atoms with Gasteiger partial charge in [0.1, 0.15) is 5.82 Å². The molecule has 0 aliphatic rings. The van der Waals surface area contributed by atoms with Crippen LogP contribution in [0.4, 0.5) is 0 Å². The maximum absolute atomic E-state index is 5.69. The van der Waals surface area contributed by atoms with Gasteiger partial charge < -0.3 is 14.7 Å². The van der Waals surface area contributed by atoms with Gasteiger partial charge in [-0.2, -0.15) is 0 Å². The fourth-order valence-corrected chi connectivity index (χ4v) is 2.73. The van der Waals surface area contributed by atoms with E-state index in [9.17, 15) is 0 Å². The highest BCUT2D eigenvalue weighted by molar-refractivity contribution is 7.98. The van der Waals surface area contributed by atoms with Crippen LogP contribution < -0.4 is 5.73 Å². The van der Waals surface area contributed by atoms with Crippen molar-refractivity contribution in [2.24, 2.45) is 5.73 Å². The normalized spacial score (nSPS) is 12.3. The molecule has 0 atom stereocenters. The number of aromatic nitrogens is 5. The summed E-state index contributed by atoms with van der Waals surface area (Å²) in [6.07, 6.45) is 0. The molecule has 0 fully saturated rings. The fourth-order valence-electron chi connectivity index (χ4n) is 1.81. The van der Waals surface area contributed by atoms with Crippen molar-refractivity contribution in [1.82, 2.24) is 25.0 Å². The van der Waals surface area contributed by atoms with E-state index < -0.39 is 0 Å². The van der Waals surface area contributed by atoms with E-state index in [2.05, 4.69) is 34.2 Å². The first-order valence-corrected chi connectivity index (χ1v) is 7.91. The van der Waals surface area contributed by atoms with Crippen LogP contribution in [-0.2, 0) is 17.7 Å². The first-order valence-electron chi connectivity index (χ1n) is 6.92. The fraction of sp³-hybridized carbons (Fsp3) is 0.692. The van der Waals surface area contributed by atoms with E-state index in [0.29, 0.717) is 24.1 Å². The van der Waals surface area contributed by atoms with Crippen molar-refractivity contribution >= 4 is 11.8 Å². The maximum Gasteiger partial charge on any atom is 0.226 e. The molecule has 0 unspecified atom stereocenters. The number of thioether (sulfide) groups is 1. The Morgan fingerprint density at radius 3 is 2.43 bits per heavy atom. The summed E-state index contributed by atoms with van der Waals surface area (Å²) < 4.78 is 7.71. The second-order valence-electron chi connectivity index (χ2n) is 6.11. The standard InChI is InChI=1S/C13H22N6OS/c1-8(2)19-9(6-14)15-18-12(19)21-7-10-16-17-11(20-10)13(3,4)5/h8H,6-7,14H2,1-5H3. The SMILES string of the molecule is CC(C)n1c(CN)nnc1SCc1nnc(C(C)(C)C)o1. The van der Waals surface area contributed by atoms with Gasteiger partial charge in [-0.25, -0.2) is 0 Å². The molecule has 0 saturated carbocycles. The zero-order chi connectivity index (χ0) is 15.6. The molecule has 0 spiro atoms. The molecule has 0 aromatic carbocycles. The van der Waals surface area contributed by atoms with Gasteiger partial charge in [0.15, 0.2) is 5.16 Å². The van der Waals surface area contributed by atoms with E-state index in [1.807, 2.05) is 25.3 Å². The summed E-state index contributed by atoms with van der Waals surface area (Å²) in [5, 5.41) is 17.3. The summed E-state index contributed by atoms with van der Waals surface area (Å²) in [6, 6.07) is 0.258. The van der Waals surface area contributed by atoms with Gasteiger partial charge in [0, 0.05) is 11.5 Å². The Balaban J connectivity index is 2.10. The zero-order valence-electron chi connectivity index (χ0n) is 13.1. The average molecular weight is 310 g/mol. The van der Waals surface area contributed by atoms with E-state index in [1.54, 1.807) is 0 Å². The van der Waals surface area contributed by atoms with Crippen molar-refractivity contribution in [2.45, 2.75) is 63.5 Å². The summed E-state index contributed by atoms with van der Waals surface area (Å²) in [5.41, 5.74) is 5.55. The lowest BCUT2D eigenvalue weighted by Crippen LogP contribution is -2.11. The molecule has 2 heterocycles. The highest BCUT2D eigenvalue weighted by atomic mass is 32.2. The zero-order valence-corrected chi connectivity index (χ0v) is 13.9. The van der Waals surface area contributed by atoms with Crippen LogP contribution in [0.3, 0.4) is 0 Å². The van der Waals surface area contributed by atoms with Crippen LogP contribution >= 0.6 is 11.8 Å². The van der Waals surface area contributed by atoms with Gasteiger partial charge in [-0.05, 0) is 13.8 Å². The summed E-state index contributed by atoms with van der Waals surface area (Å²) in [6.45, 7) is 10.7. The smallest absolute Gasteiger partial charge is 0.226 e. The number of nitrogens with two attached hydrogens (primary N) is 1. The number of nitrogens with zero attached hydrogens (tertiary/aromatic N) is 5. The predicted octanol–water partition coefficient (Wildman–Crippen LogP) is 2.29. The molecule has 0 amide bonds. The van der Waals surface area contributed by atoms with Gasteiger partial charge >= 0.3 is 0 Å². The van der Waals surface area contributed by atoms with E-state index in [-0.39, 0.29) is 11.5 Å². The van der Waals surface area contributed by atoms with Crippen molar-refractivity contribution in [3.8, 4) is 0 Å². The van der Waals surface area contributed by atoms with E-state index >= 15 is 0 Å². The first kappa shape index (κ1) is 16.0. The minimum absolute atomic E-state index is 0.138. The molecule has 116 valence electrons. The Labute approximate surface area is 128 Å². The molecule has 0 aliphatic carbocycles. The van der Waals surface area contributed by atoms with Crippen molar-refractivity contribution in [3.63, 3.8) is 0 Å². The third-order valence-electron chi connectivity index (χ3n) is 2.87. The minimum Gasteiger partial charge on any atom is -0.424 e. The molecule has 21 heavy (non-hydrogen) atoms. The van der Waals surface area contributed by atoms with Gasteiger partial charge in [-0.3, -0.25) is 0 Å². The van der Waals surface area contributed by atoms with Crippen LogP contribution in [-0.4, -0.2) is 25.0 Å². The molecule has 2 aromatic heterocycles. The second-order valence-corrected chi connectivity index (χ2v) is 7.05. The van der Waals surface area contributed by atoms with Gasteiger partial charge in [0.05, 0.1) is 12.3 Å². The second kappa shape index (κ2) is 6.15. The average Bonchev–Trinajstić information content (AvgIpc) is 3.02. The van der Waals surface area contributed by atoms with Gasteiger partial charge in [-0.1, -0.05) is 32.5 Å². The van der Waals surface area contributed by atoms with Crippen molar-refractivity contribution in [2.75, 3.05) is 0 Å². The maximum atomic E-state index is 5.69. The molecule has 7 nitrogen and oxygen atoms in total. The lowest BCUT2D eigenvalue weighted by Gasteiger charge is -2.12. The summed E-state index contributed by atoms with van der Waals surface area (Å²) >= 11 is 1.53. The molecule has 2 rings (SSSR count). The monoisotopic (exact) mass is 310 g/mol. The summed E-state index contributed by atoms with van der Waals surface area (Å²) in [4.78, 5) is 0. The highest BCUT2D eigenvalue weighted by Crippen LogP contribution is 2.26. The van der Waals surface area contributed by atoms with E-state index in [1.165, 1.54) is 11.8 Å². The van der Waals surface area contributed by atoms with Crippen molar-refractivity contribution in [3.05, 3.63) is 17.6 Å². The Kier molecular flexibility index (Phi) is 4.67. The van der Waals surface area contributed by atoms with Crippen LogP contribution in [0, 0.1) is 0 Å². The van der Waals surface area contributed by atoms with Crippen molar-refractivity contribution < 1.29 is 4.42 Å². The quantitative estimate of drug-likeness (QED) is 0.846. The molecule has 0 aliphatic heterocycles. The third-order valence-corrected chi connectivity index (χ3v) is 3.80. The van der Waals surface area contributed by atoms with Gasteiger partial charge in [-0.15, -0.1) is 20.4 Å². The molecular weight excluding hydrogens is 288 g/mol. The number of hydrogen-bond acceptors (Lipinski definition) is 7. The van der Waals surface area contributed by atoms with Crippen LogP contribution in [0.25, 0.3) is 0 Å². The largest absolute Gasteiger partial charge is 0.424 e. The van der Waals surface area contributed by atoms with Crippen LogP contribution in [0.15, 0.2) is 9.57 Å².